The Kier molecular flexibility index (Phi) is 5.29. The van der Waals surface area contributed by atoms with Gasteiger partial charge in [-0.1, -0.05) is 6.92 Å². The maximum absolute atomic E-state index is 10.3. The predicted octanol–water partition coefficient (Wildman–Crippen LogP) is -1.18. The Morgan fingerprint density at radius 1 is 1.35 bits per heavy atom. The van der Waals surface area contributed by atoms with Crippen LogP contribution in [0.4, 0.5) is 0 Å². The lowest BCUT2D eigenvalue weighted by Crippen LogP contribution is -2.55. The monoisotopic (exact) mass is 250 g/mol. The van der Waals surface area contributed by atoms with Crippen LogP contribution in [0.1, 0.15) is 6.92 Å². The third kappa shape index (κ3) is 3.62. The van der Waals surface area contributed by atoms with E-state index in [2.05, 4.69) is 0 Å². The van der Waals surface area contributed by atoms with Gasteiger partial charge in [-0.05, 0) is 0 Å². The number of hydrogen-bond donors (Lipinski definition) is 3. The van der Waals surface area contributed by atoms with Gasteiger partial charge in [-0.15, -0.1) is 0 Å². The van der Waals surface area contributed by atoms with E-state index in [4.69, 9.17) is 19.3 Å². The molecule has 0 saturated carbocycles. The summed E-state index contributed by atoms with van der Waals surface area (Å²) in [5.41, 5.74) is 0. The number of rotatable bonds is 5. The number of carbonyl (C=O) groups is 1. The summed E-state index contributed by atoms with van der Waals surface area (Å²) in [6.07, 6.45) is -3.56. The molecule has 1 fully saturated rings. The fraction of sp³-hybridized carbons (Fsp3) is 0.900. The van der Waals surface area contributed by atoms with E-state index < -0.39 is 37.2 Å². The van der Waals surface area contributed by atoms with Gasteiger partial charge in [0.15, 0.2) is 6.29 Å². The van der Waals surface area contributed by atoms with Crippen molar-refractivity contribution in [2.75, 3.05) is 20.3 Å². The number of aliphatic hydroxyl groups is 2. The summed E-state index contributed by atoms with van der Waals surface area (Å²) < 4.78 is 15.1. The third-order valence-corrected chi connectivity index (χ3v) is 2.80. The van der Waals surface area contributed by atoms with Crippen molar-refractivity contribution in [3.63, 3.8) is 0 Å². The van der Waals surface area contributed by atoms with Crippen molar-refractivity contribution in [1.29, 1.82) is 0 Å². The summed E-state index contributed by atoms with van der Waals surface area (Å²) >= 11 is 0. The number of carboxylic acid groups (broad SMARTS) is 1. The minimum atomic E-state index is -1.12. The second-order valence-corrected chi connectivity index (χ2v) is 4.03. The molecule has 0 amide bonds. The Bertz CT molecular complexity index is 255. The van der Waals surface area contributed by atoms with Gasteiger partial charge in [0, 0.05) is 13.0 Å². The molecule has 7 nitrogen and oxygen atoms in total. The molecule has 1 rings (SSSR count). The van der Waals surface area contributed by atoms with Gasteiger partial charge in [0.2, 0.25) is 0 Å². The average molecular weight is 250 g/mol. The molecule has 0 aromatic rings. The molecule has 0 spiro atoms. The number of methoxy groups -OCH3 is 1. The largest absolute Gasteiger partial charge is 0.480 e. The molecule has 1 saturated heterocycles. The first-order chi connectivity index (χ1) is 7.97. The predicted molar refractivity (Wildman–Crippen MR) is 55.3 cm³/mol. The molecule has 0 bridgehead atoms. The van der Waals surface area contributed by atoms with E-state index in [1.165, 1.54) is 7.11 Å². The summed E-state index contributed by atoms with van der Waals surface area (Å²) in [6, 6.07) is 0. The van der Waals surface area contributed by atoms with Crippen LogP contribution in [-0.4, -0.2) is 66.2 Å². The van der Waals surface area contributed by atoms with Crippen molar-refractivity contribution in [2.24, 2.45) is 5.92 Å². The quantitative estimate of drug-likeness (QED) is 0.563. The number of carboxylic acids is 1. The third-order valence-electron chi connectivity index (χ3n) is 2.80. The number of aliphatic hydroxyl groups excluding tert-OH is 2. The lowest BCUT2D eigenvalue weighted by Gasteiger charge is -2.40. The summed E-state index contributed by atoms with van der Waals surface area (Å²) in [5, 5.41) is 27.8. The Balaban J connectivity index is 2.50. The van der Waals surface area contributed by atoms with Gasteiger partial charge < -0.3 is 29.5 Å². The molecular formula is C10H18O7. The highest BCUT2D eigenvalue weighted by molar-refractivity contribution is 5.67. The second-order valence-electron chi connectivity index (χ2n) is 4.03. The lowest BCUT2D eigenvalue weighted by molar-refractivity contribution is -0.282. The summed E-state index contributed by atoms with van der Waals surface area (Å²) in [6.45, 7) is 1.29. The van der Waals surface area contributed by atoms with Crippen molar-refractivity contribution in [1.82, 2.24) is 0 Å². The Morgan fingerprint density at radius 3 is 2.53 bits per heavy atom. The van der Waals surface area contributed by atoms with E-state index in [1.54, 1.807) is 6.92 Å². The molecule has 0 aliphatic carbocycles. The van der Waals surface area contributed by atoms with Crippen molar-refractivity contribution >= 4 is 5.97 Å². The Labute approximate surface area is 98.9 Å². The van der Waals surface area contributed by atoms with Gasteiger partial charge in [-0.25, -0.2) is 4.79 Å². The molecule has 5 atom stereocenters. The molecule has 1 heterocycles. The molecule has 5 unspecified atom stereocenters. The summed E-state index contributed by atoms with van der Waals surface area (Å²) in [7, 11) is 1.35. The molecule has 1 aliphatic rings. The van der Waals surface area contributed by atoms with Crippen LogP contribution in [0, 0.1) is 5.92 Å². The first-order valence-corrected chi connectivity index (χ1v) is 5.31. The van der Waals surface area contributed by atoms with E-state index in [0.717, 1.165) is 0 Å². The summed E-state index contributed by atoms with van der Waals surface area (Å²) in [4.78, 5) is 10.3. The van der Waals surface area contributed by atoms with E-state index in [0.29, 0.717) is 0 Å². The van der Waals surface area contributed by atoms with Gasteiger partial charge in [0.05, 0.1) is 18.8 Å². The minimum absolute atomic E-state index is 0.0249. The molecule has 0 aromatic heterocycles. The van der Waals surface area contributed by atoms with E-state index in [1.807, 2.05) is 0 Å². The average Bonchev–Trinajstić information content (AvgIpc) is 2.29. The van der Waals surface area contributed by atoms with Crippen LogP contribution >= 0.6 is 0 Å². The highest BCUT2D eigenvalue weighted by atomic mass is 16.7. The molecule has 0 radical (unpaired) electrons. The fourth-order valence-corrected chi connectivity index (χ4v) is 1.72. The minimum Gasteiger partial charge on any atom is -0.480 e. The molecular weight excluding hydrogens is 232 g/mol. The normalized spacial score (nSPS) is 38.0. The molecule has 3 N–H and O–H groups in total. The van der Waals surface area contributed by atoms with Gasteiger partial charge in [0.1, 0.15) is 12.7 Å². The second kappa shape index (κ2) is 6.27. The van der Waals surface area contributed by atoms with Crippen LogP contribution in [0.5, 0.6) is 0 Å². The van der Waals surface area contributed by atoms with Crippen LogP contribution in [0.3, 0.4) is 0 Å². The number of ether oxygens (including phenoxy) is 3. The Morgan fingerprint density at radius 2 is 2.00 bits per heavy atom. The fourth-order valence-electron chi connectivity index (χ4n) is 1.72. The lowest BCUT2D eigenvalue weighted by atomic mass is 9.91. The zero-order chi connectivity index (χ0) is 13.0. The SMILES string of the molecule is COC1OC(COCC(=O)O)C(C)C(O)C1O. The molecule has 1 aliphatic heterocycles. The molecule has 0 aromatic carbocycles. The van der Waals surface area contributed by atoms with Crippen LogP contribution in [0.15, 0.2) is 0 Å². The molecule has 100 valence electrons. The van der Waals surface area contributed by atoms with Gasteiger partial charge in [-0.2, -0.15) is 0 Å². The van der Waals surface area contributed by atoms with Crippen LogP contribution in [-0.2, 0) is 19.0 Å². The molecule has 17 heavy (non-hydrogen) atoms. The topological polar surface area (TPSA) is 105 Å². The standard InChI is InChI=1S/C10H18O7/c1-5-6(3-16-4-7(11)12)17-10(15-2)9(14)8(5)13/h5-6,8-10,13-14H,3-4H2,1-2H3,(H,11,12). The highest BCUT2D eigenvalue weighted by Gasteiger charge is 2.42. The van der Waals surface area contributed by atoms with Crippen molar-refractivity contribution in [2.45, 2.75) is 31.5 Å². The number of hydrogen-bond acceptors (Lipinski definition) is 6. The van der Waals surface area contributed by atoms with E-state index in [-0.39, 0.29) is 12.5 Å². The number of aliphatic carboxylic acids is 1. The maximum atomic E-state index is 10.3. The van der Waals surface area contributed by atoms with Crippen molar-refractivity contribution in [3.8, 4) is 0 Å². The Hall–Kier alpha value is -0.730. The smallest absolute Gasteiger partial charge is 0.329 e. The van der Waals surface area contributed by atoms with Crippen molar-refractivity contribution < 1.29 is 34.3 Å². The van der Waals surface area contributed by atoms with Gasteiger partial charge in [0.25, 0.3) is 0 Å². The zero-order valence-electron chi connectivity index (χ0n) is 9.78. The molecule has 7 heteroatoms. The van der Waals surface area contributed by atoms with Crippen LogP contribution < -0.4 is 0 Å². The zero-order valence-corrected chi connectivity index (χ0v) is 9.78. The van der Waals surface area contributed by atoms with Gasteiger partial charge >= 0.3 is 5.97 Å². The summed E-state index contributed by atoms with van der Waals surface area (Å²) in [5.74, 6) is -1.44. The van der Waals surface area contributed by atoms with E-state index in [9.17, 15) is 15.0 Å². The first kappa shape index (κ1) is 14.3. The van der Waals surface area contributed by atoms with Crippen LogP contribution in [0.25, 0.3) is 0 Å². The van der Waals surface area contributed by atoms with E-state index >= 15 is 0 Å². The first-order valence-electron chi connectivity index (χ1n) is 5.31. The van der Waals surface area contributed by atoms with Gasteiger partial charge in [-0.3, -0.25) is 0 Å². The van der Waals surface area contributed by atoms with Crippen molar-refractivity contribution in [3.05, 3.63) is 0 Å². The highest BCUT2D eigenvalue weighted by Crippen LogP contribution is 2.26. The maximum Gasteiger partial charge on any atom is 0.329 e. The van der Waals surface area contributed by atoms with Crippen LogP contribution in [0.2, 0.25) is 0 Å².